The van der Waals surface area contributed by atoms with Crippen LogP contribution in [-0.4, -0.2) is 17.5 Å². The molecular weight excluding hydrogens is 184 g/mol. The molecule has 0 aromatic rings. The minimum atomic E-state index is -1.19. The van der Waals surface area contributed by atoms with Gasteiger partial charge in [-0.05, 0) is 40.2 Å². The Bertz CT molecular complexity index is 184. The zero-order valence-corrected chi connectivity index (χ0v) is 9.34. The molecule has 0 aromatic carbocycles. The van der Waals surface area contributed by atoms with Gasteiger partial charge < -0.3 is 19.5 Å². The molecule has 0 aliphatic rings. The van der Waals surface area contributed by atoms with Crippen molar-refractivity contribution in [3.05, 3.63) is 12.2 Å². The van der Waals surface area contributed by atoms with E-state index in [-0.39, 0.29) is 17.1 Å². The maximum atomic E-state index is 9.49. The number of hydrogen-bond acceptors (Lipinski definition) is 4. The van der Waals surface area contributed by atoms with Gasteiger partial charge in [0.2, 0.25) is 0 Å². The van der Waals surface area contributed by atoms with Crippen molar-refractivity contribution in [1.29, 1.82) is 0 Å². The summed E-state index contributed by atoms with van der Waals surface area (Å²) in [7, 11) is 0. The first kappa shape index (κ1) is 18.4. The van der Waals surface area contributed by atoms with Crippen molar-refractivity contribution in [1.82, 2.24) is 0 Å². The van der Waals surface area contributed by atoms with E-state index in [2.05, 4.69) is 6.58 Å². The van der Waals surface area contributed by atoms with Crippen molar-refractivity contribution in [2.75, 3.05) is 0 Å². The zero-order valence-electron chi connectivity index (χ0n) is 9.34. The topological polar surface area (TPSA) is 74.3 Å². The molecule has 0 fully saturated rings. The van der Waals surface area contributed by atoms with Crippen LogP contribution in [0.2, 0.25) is 0 Å². The Balaban J connectivity index is -0.000000135. The van der Waals surface area contributed by atoms with Crippen molar-refractivity contribution in [2.45, 2.75) is 34.6 Å². The Labute approximate surface area is 84.6 Å². The number of carboxylic acids is 1. The molecule has 0 saturated heterocycles. The van der Waals surface area contributed by atoms with Crippen molar-refractivity contribution >= 4 is 17.5 Å². The zero-order chi connectivity index (χ0) is 12.3. The summed E-state index contributed by atoms with van der Waals surface area (Å²) in [5.74, 6) is -0.852. The molecule has 0 N–H and O–H groups in total. The van der Waals surface area contributed by atoms with E-state index in [1.165, 1.54) is 34.6 Å². The molecule has 4 nitrogen and oxygen atoms in total. The average Bonchev–Trinajstić information content (AvgIpc) is 1.83. The first-order valence-corrected chi connectivity index (χ1v) is 3.92. The Morgan fingerprint density at radius 1 is 0.857 bits per heavy atom. The molecule has 0 atom stereocenters. The van der Waals surface area contributed by atoms with E-state index in [0.29, 0.717) is 0 Å². The van der Waals surface area contributed by atoms with Crippen LogP contribution < -0.4 is 5.11 Å². The molecule has 0 unspecified atom stereocenters. The predicted octanol–water partition coefficient (Wildman–Crippen LogP) is 0.503. The van der Waals surface area contributed by atoms with Crippen LogP contribution in [0.5, 0.6) is 0 Å². The second-order valence-corrected chi connectivity index (χ2v) is 2.88. The fourth-order valence-corrected chi connectivity index (χ4v) is 0. The number of aliphatic carboxylic acids is 1. The van der Waals surface area contributed by atoms with Crippen LogP contribution in [0.4, 0.5) is 0 Å². The van der Waals surface area contributed by atoms with Gasteiger partial charge in [-0.1, -0.05) is 6.58 Å². The number of Topliss-reactive ketones (excluding diaryl/α,β-unsaturated/α-hetero) is 2. The molecule has 14 heavy (non-hydrogen) atoms. The second kappa shape index (κ2) is 11.6. The standard InChI is InChI=1S/C4H6O2.2C3H6O/c1-3(2)4(5)6;2*1-3(2)4/h1H2,2H3,(H,5,6);2*1-2H3/p-1. The van der Waals surface area contributed by atoms with Gasteiger partial charge in [0, 0.05) is 0 Å². The highest BCUT2D eigenvalue weighted by Crippen LogP contribution is 1.77. The molecule has 0 bridgehead atoms. The van der Waals surface area contributed by atoms with Crippen LogP contribution in [0.3, 0.4) is 0 Å². The molecule has 0 rings (SSSR count). The van der Waals surface area contributed by atoms with E-state index >= 15 is 0 Å². The van der Waals surface area contributed by atoms with E-state index in [4.69, 9.17) is 0 Å². The SMILES string of the molecule is C=C(C)C(=O)[O-].CC(C)=O.CC(C)=O. The number of rotatable bonds is 1. The van der Waals surface area contributed by atoms with Crippen LogP contribution in [0.1, 0.15) is 34.6 Å². The summed E-state index contributed by atoms with van der Waals surface area (Å²) in [6, 6.07) is 0. The highest BCUT2D eigenvalue weighted by molar-refractivity contribution is 5.82. The van der Waals surface area contributed by atoms with Gasteiger partial charge in [0.1, 0.15) is 11.6 Å². The number of carbonyl (C=O) groups is 3. The molecule has 0 aromatic heterocycles. The van der Waals surface area contributed by atoms with Gasteiger partial charge in [-0.2, -0.15) is 0 Å². The lowest BCUT2D eigenvalue weighted by atomic mass is 10.4. The van der Waals surface area contributed by atoms with Crippen molar-refractivity contribution in [3.63, 3.8) is 0 Å². The van der Waals surface area contributed by atoms with Crippen molar-refractivity contribution in [2.24, 2.45) is 0 Å². The van der Waals surface area contributed by atoms with Gasteiger partial charge in [-0.25, -0.2) is 0 Å². The lowest BCUT2D eigenvalue weighted by molar-refractivity contribution is -0.299. The van der Waals surface area contributed by atoms with Gasteiger partial charge in [0.25, 0.3) is 0 Å². The summed E-state index contributed by atoms with van der Waals surface area (Å²) in [5, 5.41) is 9.49. The number of hydrogen-bond donors (Lipinski definition) is 0. The summed E-state index contributed by atoms with van der Waals surface area (Å²) in [6.07, 6.45) is 0. The van der Waals surface area contributed by atoms with E-state index in [1.54, 1.807) is 0 Å². The smallest absolute Gasteiger partial charge is 0.126 e. The van der Waals surface area contributed by atoms with Gasteiger partial charge in [-0.15, -0.1) is 0 Å². The monoisotopic (exact) mass is 201 g/mol. The van der Waals surface area contributed by atoms with Crippen molar-refractivity contribution < 1.29 is 19.5 Å². The van der Waals surface area contributed by atoms with Crippen LogP contribution in [0.25, 0.3) is 0 Å². The molecule has 0 radical (unpaired) electrons. The number of ketones is 2. The molecule has 0 spiro atoms. The summed E-state index contributed by atoms with van der Waals surface area (Å²) in [4.78, 5) is 28.4. The van der Waals surface area contributed by atoms with E-state index < -0.39 is 5.97 Å². The molecule has 0 heterocycles. The molecule has 0 aliphatic carbocycles. The molecule has 82 valence electrons. The fourth-order valence-electron chi connectivity index (χ4n) is 0. The van der Waals surface area contributed by atoms with E-state index in [1.807, 2.05) is 0 Å². The molecule has 0 amide bonds. The molecular formula is C10H17O4-. The maximum absolute atomic E-state index is 9.49. The molecule has 4 heteroatoms. The Kier molecular flexibility index (Phi) is 15.1. The minimum absolute atomic E-state index is 0.0648. The predicted molar refractivity (Wildman–Crippen MR) is 52.5 cm³/mol. The summed E-state index contributed by atoms with van der Waals surface area (Å²) in [5.41, 5.74) is 0.0648. The molecule has 0 aliphatic heterocycles. The Morgan fingerprint density at radius 2 is 0.929 bits per heavy atom. The minimum Gasteiger partial charge on any atom is -0.545 e. The number of carboxylic acid groups (broad SMARTS) is 1. The summed E-state index contributed by atoms with van der Waals surface area (Å²) in [6.45, 7) is 10.6. The third kappa shape index (κ3) is 148. The average molecular weight is 201 g/mol. The lowest BCUT2D eigenvalue weighted by Gasteiger charge is -1.93. The Hall–Kier alpha value is -1.45. The van der Waals surface area contributed by atoms with Crippen LogP contribution >= 0.6 is 0 Å². The van der Waals surface area contributed by atoms with Gasteiger partial charge >= 0.3 is 0 Å². The van der Waals surface area contributed by atoms with Gasteiger partial charge in [-0.3, -0.25) is 0 Å². The molecule has 0 saturated carbocycles. The van der Waals surface area contributed by atoms with Gasteiger partial charge in [0.05, 0.1) is 5.97 Å². The van der Waals surface area contributed by atoms with E-state index in [0.717, 1.165) is 0 Å². The maximum Gasteiger partial charge on any atom is 0.126 e. The Morgan fingerprint density at radius 3 is 0.929 bits per heavy atom. The fraction of sp³-hybridized carbons (Fsp3) is 0.500. The van der Waals surface area contributed by atoms with Crippen LogP contribution in [-0.2, 0) is 14.4 Å². The third-order valence-corrected chi connectivity index (χ3v) is 0.348. The second-order valence-electron chi connectivity index (χ2n) is 2.88. The summed E-state index contributed by atoms with van der Waals surface area (Å²) >= 11 is 0. The highest BCUT2D eigenvalue weighted by Gasteiger charge is 1.76. The first-order valence-electron chi connectivity index (χ1n) is 3.92. The van der Waals surface area contributed by atoms with Crippen molar-refractivity contribution in [3.8, 4) is 0 Å². The van der Waals surface area contributed by atoms with Gasteiger partial charge in [0.15, 0.2) is 0 Å². The van der Waals surface area contributed by atoms with Crippen LogP contribution in [0, 0.1) is 0 Å². The first-order chi connectivity index (χ1) is 6.11. The van der Waals surface area contributed by atoms with E-state index in [9.17, 15) is 19.5 Å². The third-order valence-electron chi connectivity index (χ3n) is 0.348. The highest BCUT2D eigenvalue weighted by atomic mass is 16.4. The lowest BCUT2D eigenvalue weighted by Crippen LogP contribution is -2.22. The largest absolute Gasteiger partial charge is 0.545 e. The summed E-state index contributed by atoms with van der Waals surface area (Å²) < 4.78 is 0. The quantitative estimate of drug-likeness (QED) is 0.579. The normalized spacial score (nSPS) is 6.93. The number of carbonyl (C=O) groups excluding carboxylic acids is 3. The van der Waals surface area contributed by atoms with Crippen LogP contribution in [0.15, 0.2) is 12.2 Å².